The van der Waals surface area contributed by atoms with Gasteiger partial charge in [-0.05, 0) is 63.8 Å². The molecule has 33 heavy (non-hydrogen) atoms. The first-order valence-corrected chi connectivity index (χ1v) is 12.6. The highest BCUT2D eigenvalue weighted by atomic mass is 16.5. The second-order valence-electron chi connectivity index (χ2n) is 9.34. The quantitative estimate of drug-likeness (QED) is 0.206. The van der Waals surface area contributed by atoms with Crippen molar-refractivity contribution >= 4 is 6.21 Å². The van der Waals surface area contributed by atoms with Crippen molar-refractivity contribution < 1.29 is 14.6 Å². The number of rotatable bonds is 15. The van der Waals surface area contributed by atoms with Crippen molar-refractivity contribution in [3.05, 3.63) is 59.7 Å². The minimum atomic E-state index is 0.182. The Labute approximate surface area is 199 Å². The van der Waals surface area contributed by atoms with Crippen molar-refractivity contribution in [2.24, 2.45) is 16.6 Å². The normalized spacial score (nSPS) is 17.5. The highest BCUT2D eigenvalue weighted by Crippen LogP contribution is 2.30. The van der Waals surface area contributed by atoms with Crippen LogP contribution < -0.4 is 10.5 Å². The molecule has 0 amide bonds. The van der Waals surface area contributed by atoms with Gasteiger partial charge in [-0.3, -0.25) is 0 Å². The Bertz CT molecular complexity index is 815. The number of aliphatic hydroxyl groups is 2. The number of hydrogen-bond donors (Lipinski definition) is 2. The van der Waals surface area contributed by atoms with E-state index in [1.54, 1.807) is 6.07 Å². The Morgan fingerprint density at radius 2 is 2.00 bits per heavy atom. The predicted octanol–water partition coefficient (Wildman–Crippen LogP) is 5.59. The van der Waals surface area contributed by atoms with Gasteiger partial charge in [-0.1, -0.05) is 25.3 Å². The lowest BCUT2D eigenvalue weighted by atomic mass is 9.97. The Morgan fingerprint density at radius 3 is 2.79 bits per heavy atom. The Balaban J connectivity index is 1.36. The van der Waals surface area contributed by atoms with Crippen LogP contribution in [0.3, 0.4) is 0 Å². The number of unbranched alkanes of at least 4 members (excludes halogenated alkanes) is 4. The molecule has 1 aromatic rings. The van der Waals surface area contributed by atoms with Gasteiger partial charge in [0.1, 0.15) is 30.9 Å². The fourth-order valence-corrected chi connectivity index (χ4v) is 4.10. The summed E-state index contributed by atoms with van der Waals surface area (Å²) in [6, 6.07) is 5.64. The molecule has 1 atom stereocenters. The summed E-state index contributed by atoms with van der Waals surface area (Å²) in [5.74, 6) is 2.46. The lowest BCUT2D eigenvalue weighted by molar-refractivity contribution is -0.0482. The van der Waals surface area contributed by atoms with Crippen LogP contribution in [0, 0.1) is 17.9 Å². The van der Waals surface area contributed by atoms with Gasteiger partial charge >= 0.3 is 0 Å². The molecule has 2 aliphatic rings. The molecule has 2 aliphatic heterocycles. The molecule has 2 heterocycles. The number of nitrogens with two attached hydrogens (primary N) is 1. The zero-order valence-electron chi connectivity index (χ0n) is 20.3. The van der Waals surface area contributed by atoms with E-state index in [9.17, 15) is 5.11 Å². The number of ether oxygens (including phenoxy) is 2. The molecule has 0 saturated carbocycles. The van der Waals surface area contributed by atoms with Crippen LogP contribution in [-0.2, 0) is 6.42 Å². The van der Waals surface area contributed by atoms with E-state index in [1.165, 1.54) is 37.7 Å². The van der Waals surface area contributed by atoms with Crippen LogP contribution in [0.15, 0.2) is 47.1 Å². The number of aryl methyl sites for hydroxylation is 1. The Hall–Kier alpha value is -2.37. The van der Waals surface area contributed by atoms with Crippen LogP contribution in [0.4, 0.5) is 0 Å². The van der Waals surface area contributed by atoms with Gasteiger partial charge in [-0.15, -0.1) is 17.1 Å². The first kappa shape index (κ1) is 25.3. The topological polar surface area (TPSA) is 80.6 Å². The molecule has 3 rings (SSSR count). The molecule has 1 unspecified atom stereocenters. The molecule has 180 valence electrons. The van der Waals surface area contributed by atoms with Gasteiger partial charge < -0.3 is 20.3 Å². The van der Waals surface area contributed by atoms with Crippen LogP contribution in [0.1, 0.15) is 70.8 Å². The molecule has 0 saturated heterocycles. The van der Waals surface area contributed by atoms with Gasteiger partial charge in [0.15, 0.2) is 17.2 Å². The molecule has 1 aromatic carbocycles. The number of phenolic OH excluding ortho intramolecular Hbond substituents is 1. The molecule has 0 bridgehead atoms. The van der Waals surface area contributed by atoms with E-state index in [2.05, 4.69) is 37.1 Å². The highest BCUT2D eigenvalue weighted by Gasteiger charge is 2.24. The summed E-state index contributed by atoms with van der Waals surface area (Å²) < 4.78 is 10.8. The van der Waals surface area contributed by atoms with E-state index in [0.717, 1.165) is 49.9 Å². The summed E-state index contributed by atoms with van der Waals surface area (Å²) in [7, 11) is 0. The fraction of sp³-hybridized carbons (Fsp3) is 0.536. The minimum Gasteiger partial charge on any atom is -0.504 e. The first-order chi connectivity index (χ1) is 16.0. The average molecular weight is 454 g/mol. The third-order valence-electron chi connectivity index (χ3n) is 6.24. The van der Waals surface area contributed by atoms with Crippen molar-refractivity contribution in [2.75, 3.05) is 13.2 Å². The highest BCUT2D eigenvalue weighted by molar-refractivity contribution is 5.82. The van der Waals surface area contributed by atoms with E-state index < -0.39 is 0 Å². The third kappa shape index (κ3) is 8.49. The number of aromatic hydroxyl groups is 1. The van der Waals surface area contributed by atoms with Gasteiger partial charge in [0, 0.05) is 12.3 Å². The molecular formula is C28H41N2O3+. The van der Waals surface area contributed by atoms with Crippen molar-refractivity contribution in [1.29, 1.82) is 0 Å². The van der Waals surface area contributed by atoms with E-state index in [-0.39, 0.29) is 5.75 Å². The van der Waals surface area contributed by atoms with Gasteiger partial charge in [0.25, 0.3) is 0 Å². The molecule has 5 heteroatoms. The number of allylic oxidation sites excluding steroid dienone is 1. The van der Waals surface area contributed by atoms with Gasteiger partial charge in [0.05, 0.1) is 12.5 Å². The molecule has 0 fully saturated rings. The fourth-order valence-electron chi connectivity index (χ4n) is 4.10. The molecule has 0 aliphatic carbocycles. The van der Waals surface area contributed by atoms with E-state index in [0.29, 0.717) is 24.4 Å². The number of aliphatic imine (C=N–C) groups is 1. The van der Waals surface area contributed by atoms with Gasteiger partial charge in [-0.25, -0.2) is 0 Å². The standard InChI is InChI=1S/C28H40N2O3/c1-21(2)23-19-24(30-20-23)15-17-32-28-18-22(10-14-27(28)31)9-11-26-13-12-25(33-26)8-6-4-3-5-7-16-29/h10,12-14,18-21,25,33H,3-9,11,15-17,29H2,1-2H3/p+1. The van der Waals surface area contributed by atoms with Crippen LogP contribution in [0.2, 0.25) is 0 Å². The summed E-state index contributed by atoms with van der Waals surface area (Å²) >= 11 is 0. The zero-order chi connectivity index (χ0) is 23.5. The van der Waals surface area contributed by atoms with Gasteiger partial charge in [0.2, 0.25) is 0 Å². The number of benzene rings is 1. The van der Waals surface area contributed by atoms with Crippen molar-refractivity contribution in [3.63, 3.8) is 0 Å². The maximum atomic E-state index is 10.2. The summed E-state index contributed by atoms with van der Waals surface area (Å²) in [4.78, 5) is 4.46. The number of nitrogens with zero attached hydrogens (tertiary/aromatic N) is 1. The monoisotopic (exact) mass is 453 g/mol. The van der Waals surface area contributed by atoms with E-state index >= 15 is 0 Å². The Morgan fingerprint density at radius 1 is 1.18 bits per heavy atom. The SMILES string of the molecule is CC(C)[C+]1C=NC(CCOc2cc(CC[C-]3C=CC(CCCCCCCN)[OH+]3)ccc2O)=C1. The number of hydrogen-bond acceptors (Lipinski definition) is 4. The summed E-state index contributed by atoms with van der Waals surface area (Å²) in [6.45, 7) is 5.63. The number of phenols is 1. The smallest absolute Gasteiger partial charge is 0.178 e. The molecule has 0 spiro atoms. The second-order valence-corrected chi connectivity index (χ2v) is 9.34. The van der Waals surface area contributed by atoms with E-state index in [4.69, 9.17) is 15.2 Å². The predicted molar refractivity (Wildman–Crippen MR) is 136 cm³/mol. The summed E-state index contributed by atoms with van der Waals surface area (Å²) in [6.07, 6.45) is 19.8. The van der Waals surface area contributed by atoms with Crippen molar-refractivity contribution in [3.8, 4) is 11.5 Å². The van der Waals surface area contributed by atoms with Crippen molar-refractivity contribution in [1.82, 2.24) is 0 Å². The molecule has 4 N–H and O–H groups in total. The van der Waals surface area contributed by atoms with Gasteiger partial charge in [-0.2, -0.15) is 0 Å². The summed E-state index contributed by atoms with van der Waals surface area (Å²) in [5, 5.41) is 10.2. The minimum absolute atomic E-state index is 0.182. The molecular weight excluding hydrogens is 412 g/mol. The molecule has 0 aromatic heterocycles. The Kier molecular flexibility index (Phi) is 10.2. The zero-order valence-corrected chi connectivity index (χ0v) is 20.3. The van der Waals surface area contributed by atoms with Crippen LogP contribution in [0.25, 0.3) is 0 Å². The summed E-state index contributed by atoms with van der Waals surface area (Å²) in [5.41, 5.74) is 7.73. The van der Waals surface area contributed by atoms with Crippen LogP contribution >= 0.6 is 0 Å². The molecule has 0 radical (unpaired) electrons. The lowest BCUT2D eigenvalue weighted by Crippen LogP contribution is -2.12. The first-order valence-electron chi connectivity index (χ1n) is 12.6. The van der Waals surface area contributed by atoms with Crippen LogP contribution in [0.5, 0.6) is 11.5 Å². The van der Waals surface area contributed by atoms with E-state index in [1.807, 2.05) is 18.3 Å². The maximum absolute atomic E-state index is 10.2. The largest absolute Gasteiger partial charge is 0.504 e. The third-order valence-corrected chi connectivity index (χ3v) is 6.24. The average Bonchev–Trinajstić information content (AvgIpc) is 3.46. The lowest BCUT2D eigenvalue weighted by Gasteiger charge is -2.17. The van der Waals surface area contributed by atoms with Crippen LogP contribution in [-0.4, -0.2) is 35.3 Å². The van der Waals surface area contributed by atoms with Crippen molar-refractivity contribution in [2.45, 2.75) is 77.7 Å². The second kappa shape index (κ2) is 13.4. The maximum Gasteiger partial charge on any atom is 0.178 e. The molecule has 5 nitrogen and oxygen atoms in total.